The monoisotopic (exact) mass is 215 g/mol. The smallest absolute Gasteiger partial charge is 0.0112 e. The van der Waals surface area contributed by atoms with E-state index in [0.29, 0.717) is 6.04 Å². The highest BCUT2D eigenvalue weighted by Crippen LogP contribution is 2.07. The molecule has 2 N–H and O–H groups in total. The van der Waals surface area contributed by atoms with Crippen LogP contribution in [0.25, 0.3) is 0 Å². The fourth-order valence-electron chi connectivity index (χ4n) is 1.71. The summed E-state index contributed by atoms with van der Waals surface area (Å²) >= 11 is 0. The molecule has 0 aliphatic heterocycles. The van der Waals surface area contributed by atoms with Gasteiger partial charge in [0.2, 0.25) is 0 Å². The van der Waals surface area contributed by atoms with Crippen LogP contribution in [-0.4, -0.2) is 56.1 Å². The number of nitrogens with zero attached hydrogens (tertiary/aromatic N) is 2. The highest BCUT2D eigenvalue weighted by atomic mass is 15.2. The lowest BCUT2D eigenvalue weighted by Crippen LogP contribution is -2.41. The highest BCUT2D eigenvalue weighted by Gasteiger charge is 2.14. The molecular weight excluding hydrogens is 186 g/mol. The van der Waals surface area contributed by atoms with Crippen molar-refractivity contribution in [3.8, 4) is 0 Å². The highest BCUT2D eigenvalue weighted by molar-refractivity contribution is 4.70. The van der Waals surface area contributed by atoms with Crippen LogP contribution in [-0.2, 0) is 0 Å². The van der Waals surface area contributed by atoms with Crippen molar-refractivity contribution >= 4 is 0 Å². The molecule has 0 saturated heterocycles. The van der Waals surface area contributed by atoms with Crippen molar-refractivity contribution in [2.75, 3.05) is 40.3 Å². The second kappa shape index (κ2) is 8.08. The summed E-state index contributed by atoms with van der Waals surface area (Å²) in [5.74, 6) is 0.729. The molecular formula is C12H29N3. The first kappa shape index (κ1) is 14.9. The molecule has 0 aliphatic carbocycles. The zero-order valence-electron chi connectivity index (χ0n) is 11.2. The van der Waals surface area contributed by atoms with E-state index in [2.05, 4.69) is 44.7 Å². The molecule has 0 spiro atoms. The third-order valence-electron chi connectivity index (χ3n) is 2.64. The summed E-state index contributed by atoms with van der Waals surface area (Å²) in [5.41, 5.74) is 5.62. The zero-order chi connectivity index (χ0) is 11.8. The van der Waals surface area contributed by atoms with Gasteiger partial charge in [-0.2, -0.15) is 0 Å². The molecule has 0 bridgehead atoms. The molecule has 0 radical (unpaired) electrons. The third kappa shape index (κ3) is 7.77. The van der Waals surface area contributed by atoms with Crippen molar-refractivity contribution in [2.24, 2.45) is 11.7 Å². The first-order valence-electron chi connectivity index (χ1n) is 6.06. The minimum Gasteiger partial charge on any atom is -0.330 e. The minimum absolute atomic E-state index is 0.609. The number of nitrogens with two attached hydrogens (primary N) is 1. The standard InChI is InChI=1S/C12H29N3/c1-11(2)10-15(9-8-14(4)5)12(3)6-7-13/h11-12H,6-10,13H2,1-5H3. The van der Waals surface area contributed by atoms with Crippen LogP contribution < -0.4 is 5.73 Å². The molecule has 15 heavy (non-hydrogen) atoms. The van der Waals surface area contributed by atoms with E-state index in [-0.39, 0.29) is 0 Å². The second-order valence-corrected chi connectivity index (χ2v) is 5.12. The van der Waals surface area contributed by atoms with E-state index in [9.17, 15) is 0 Å². The van der Waals surface area contributed by atoms with Gasteiger partial charge >= 0.3 is 0 Å². The predicted octanol–water partition coefficient (Wildman–Crippen LogP) is 1.24. The van der Waals surface area contributed by atoms with Gasteiger partial charge in [0, 0.05) is 25.7 Å². The van der Waals surface area contributed by atoms with Crippen molar-refractivity contribution in [2.45, 2.75) is 33.2 Å². The first-order chi connectivity index (χ1) is 6.97. The summed E-state index contributed by atoms with van der Waals surface area (Å²) in [6, 6.07) is 0.609. The average molecular weight is 215 g/mol. The lowest BCUT2D eigenvalue weighted by Gasteiger charge is -2.31. The van der Waals surface area contributed by atoms with Crippen LogP contribution in [0.15, 0.2) is 0 Å². The Labute approximate surface area is 95.6 Å². The Hall–Kier alpha value is -0.120. The normalized spacial score (nSPS) is 14.2. The van der Waals surface area contributed by atoms with Crippen molar-refractivity contribution in [3.05, 3.63) is 0 Å². The van der Waals surface area contributed by atoms with E-state index in [1.165, 1.54) is 6.54 Å². The number of rotatable bonds is 8. The van der Waals surface area contributed by atoms with Crippen LogP contribution in [0.5, 0.6) is 0 Å². The molecule has 0 fully saturated rings. The third-order valence-corrected chi connectivity index (χ3v) is 2.64. The van der Waals surface area contributed by atoms with Crippen molar-refractivity contribution in [3.63, 3.8) is 0 Å². The van der Waals surface area contributed by atoms with Gasteiger partial charge in [-0.05, 0) is 39.9 Å². The number of likely N-dealkylation sites (N-methyl/N-ethyl adjacent to an activating group) is 1. The van der Waals surface area contributed by atoms with Gasteiger partial charge in [0.15, 0.2) is 0 Å². The SMILES string of the molecule is CC(C)CN(CCN(C)C)C(C)CCN. The molecule has 0 saturated carbocycles. The summed E-state index contributed by atoms with van der Waals surface area (Å²) in [6.07, 6.45) is 1.10. The van der Waals surface area contributed by atoms with Crippen molar-refractivity contribution in [1.82, 2.24) is 9.80 Å². The summed E-state index contributed by atoms with van der Waals surface area (Å²) in [5, 5.41) is 0. The van der Waals surface area contributed by atoms with Crippen LogP contribution in [0.4, 0.5) is 0 Å². The van der Waals surface area contributed by atoms with Gasteiger partial charge in [0.1, 0.15) is 0 Å². The van der Waals surface area contributed by atoms with E-state index in [0.717, 1.165) is 32.0 Å². The van der Waals surface area contributed by atoms with Crippen LogP contribution >= 0.6 is 0 Å². The zero-order valence-corrected chi connectivity index (χ0v) is 11.2. The predicted molar refractivity (Wildman–Crippen MR) is 68.1 cm³/mol. The minimum atomic E-state index is 0.609. The second-order valence-electron chi connectivity index (χ2n) is 5.12. The summed E-state index contributed by atoms with van der Waals surface area (Å²) in [4.78, 5) is 4.79. The molecule has 0 amide bonds. The largest absolute Gasteiger partial charge is 0.330 e. The van der Waals surface area contributed by atoms with Gasteiger partial charge < -0.3 is 10.6 Å². The molecule has 92 valence electrons. The molecule has 0 aromatic carbocycles. The molecule has 0 aromatic heterocycles. The van der Waals surface area contributed by atoms with Gasteiger partial charge in [0.25, 0.3) is 0 Å². The number of hydrogen-bond acceptors (Lipinski definition) is 3. The lowest BCUT2D eigenvalue weighted by molar-refractivity contribution is 0.164. The van der Waals surface area contributed by atoms with Gasteiger partial charge in [0.05, 0.1) is 0 Å². The van der Waals surface area contributed by atoms with Crippen LogP contribution in [0, 0.1) is 5.92 Å². The molecule has 3 heteroatoms. The first-order valence-corrected chi connectivity index (χ1v) is 6.06. The Bertz CT molecular complexity index is 146. The maximum atomic E-state index is 5.62. The van der Waals surface area contributed by atoms with E-state index in [4.69, 9.17) is 5.73 Å². The maximum absolute atomic E-state index is 5.62. The quantitative estimate of drug-likeness (QED) is 0.661. The number of hydrogen-bond donors (Lipinski definition) is 1. The summed E-state index contributed by atoms with van der Waals surface area (Å²) in [6.45, 7) is 11.1. The Morgan fingerprint density at radius 1 is 1.07 bits per heavy atom. The van der Waals surface area contributed by atoms with E-state index >= 15 is 0 Å². The topological polar surface area (TPSA) is 32.5 Å². The Kier molecular flexibility index (Phi) is 8.02. The maximum Gasteiger partial charge on any atom is 0.0112 e. The molecule has 0 aliphatic rings. The van der Waals surface area contributed by atoms with E-state index in [1.54, 1.807) is 0 Å². The molecule has 1 atom stereocenters. The fourth-order valence-corrected chi connectivity index (χ4v) is 1.71. The Balaban J connectivity index is 4.04. The van der Waals surface area contributed by atoms with E-state index in [1.807, 2.05) is 0 Å². The summed E-state index contributed by atoms with van der Waals surface area (Å²) < 4.78 is 0. The molecule has 0 heterocycles. The average Bonchev–Trinajstić information content (AvgIpc) is 2.11. The van der Waals surface area contributed by atoms with Crippen LogP contribution in [0.3, 0.4) is 0 Å². The fraction of sp³-hybridized carbons (Fsp3) is 1.00. The Morgan fingerprint density at radius 3 is 2.07 bits per heavy atom. The Morgan fingerprint density at radius 2 is 1.67 bits per heavy atom. The molecule has 1 unspecified atom stereocenters. The lowest BCUT2D eigenvalue weighted by atomic mass is 10.1. The molecule has 0 aromatic rings. The summed E-state index contributed by atoms with van der Waals surface area (Å²) in [7, 11) is 4.25. The van der Waals surface area contributed by atoms with Crippen molar-refractivity contribution < 1.29 is 0 Å². The van der Waals surface area contributed by atoms with Crippen molar-refractivity contribution in [1.29, 1.82) is 0 Å². The van der Waals surface area contributed by atoms with Gasteiger partial charge in [-0.3, -0.25) is 4.90 Å². The van der Waals surface area contributed by atoms with Crippen LogP contribution in [0.1, 0.15) is 27.2 Å². The van der Waals surface area contributed by atoms with Gasteiger partial charge in [-0.25, -0.2) is 0 Å². The van der Waals surface area contributed by atoms with Gasteiger partial charge in [-0.15, -0.1) is 0 Å². The van der Waals surface area contributed by atoms with E-state index < -0.39 is 0 Å². The van der Waals surface area contributed by atoms with Crippen LogP contribution in [0.2, 0.25) is 0 Å². The van der Waals surface area contributed by atoms with Gasteiger partial charge in [-0.1, -0.05) is 13.8 Å². The molecule has 0 rings (SSSR count). The molecule has 3 nitrogen and oxygen atoms in total.